The SMILES string of the molecule is Cc1csc(-c2nc3cc(Cl)cc(Cl)c3o2)c1N. The van der Waals surface area contributed by atoms with Gasteiger partial charge in [-0.2, -0.15) is 0 Å². The Morgan fingerprint density at radius 2 is 2.11 bits per heavy atom. The highest BCUT2D eigenvalue weighted by Crippen LogP contribution is 2.37. The molecule has 3 aromatic rings. The lowest BCUT2D eigenvalue weighted by Gasteiger charge is -1.93. The van der Waals surface area contributed by atoms with Gasteiger partial charge in [0.2, 0.25) is 5.89 Å². The van der Waals surface area contributed by atoms with Crippen molar-refractivity contribution in [1.29, 1.82) is 0 Å². The zero-order valence-electron chi connectivity index (χ0n) is 9.33. The van der Waals surface area contributed by atoms with E-state index in [9.17, 15) is 0 Å². The number of oxazole rings is 1. The van der Waals surface area contributed by atoms with E-state index in [-0.39, 0.29) is 0 Å². The maximum absolute atomic E-state index is 6.06. The van der Waals surface area contributed by atoms with Crippen molar-refractivity contribution in [2.24, 2.45) is 0 Å². The standard InChI is InChI=1S/C12H8Cl2N2OS/c1-5-4-18-11(9(5)15)12-16-8-3-6(13)2-7(14)10(8)17-12/h2-4H,15H2,1H3. The van der Waals surface area contributed by atoms with E-state index in [2.05, 4.69) is 4.98 Å². The van der Waals surface area contributed by atoms with Crippen molar-refractivity contribution in [3.63, 3.8) is 0 Å². The second-order valence-electron chi connectivity index (χ2n) is 3.92. The molecule has 0 aliphatic carbocycles. The second-order valence-corrected chi connectivity index (χ2v) is 5.64. The summed E-state index contributed by atoms with van der Waals surface area (Å²) in [5.74, 6) is 0.477. The molecule has 2 aromatic heterocycles. The van der Waals surface area contributed by atoms with Crippen LogP contribution in [-0.4, -0.2) is 4.98 Å². The predicted octanol–water partition coefficient (Wildman–Crippen LogP) is 4.75. The molecule has 0 amide bonds. The quantitative estimate of drug-likeness (QED) is 0.705. The van der Waals surface area contributed by atoms with Crippen LogP contribution in [0.5, 0.6) is 0 Å². The maximum atomic E-state index is 6.06. The molecule has 92 valence electrons. The Bertz CT molecular complexity index is 748. The van der Waals surface area contributed by atoms with Gasteiger partial charge in [-0.1, -0.05) is 23.2 Å². The average molecular weight is 299 g/mol. The summed E-state index contributed by atoms with van der Waals surface area (Å²) >= 11 is 13.5. The third kappa shape index (κ3) is 1.77. The number of hydrogen-bond acceptors (Lipinski definition) is 4. The monoisotopic (exact) mass is 298 g/mol. The third-order valence-corrected chi connectivity index (χ3v) is 4.23. The molecular weight excluding hydrogens is 291 g/mol. The van der Waals surface area contributed by atoms with Crippen molar-refractivity contribution in [2.75, 3.05) is 5.73 Å². The van der Waals surface area contributed by atoms with Gasteiger partial charge in [0, 0.05) is 5.02 Å². The number of thiophene rings is 1. The van der Waals surface area contributed by atoms with Gasteiger partial charge >= 0.3 is 0 Å². The largest absolute Gasteiger partial charge is 0.434 e. The summed E-state index contributed by atoms with van der Waals surface area (Å²) < 4.78 is 5.66. The Morgan fingerprint density at radius 1 is 1.33 bits per heavy atom. The number of nitrogen functional groups attached to an aromatic ring is 1. The first-order chi connectivity index (χ1) is 8.56. The molecule has 0 fully saturated rings. The first kappa shape index (κ1) is 11.8. The first-order valence-electron chi connectivity index (χ1n) is 5.16. The van der Waals surface area contributed by atoms with Gasteiger partial charge in [-0.25, -0.2) is 4.98 Å². The molecule has 0 unspecified atom stereocenters. The molecule has 0 aliphatic rings. The number of benzene rings is 1. The van der Waals surface area contributed by atoms with Crippen LogP contribution < -0.4 is 5.73 Å². The smallest absolute Gasteiger partial charge is 0.239 e. The van der Waals surface area contributed by atoms with Crippen molar-refractivity contribution in [2.45, 2.75) is 6.92 Å². The maximum Gasteiger partial charge on any atom is 0.239 e. The van der Waals surface area contributed by atoms with Crippen LogP contribution in [0.2, 0.25) is 10.0 Å². The fraction of sp³-hybridized carbons (Fsp3) is 0.0833. The van der Waals surface area contributed by atoms with Crippen LogP contribution in [0, 0.1) is 6.92 Å². The molecule has 2 N–H and O–H groups in total. The molecule has 1 aromatic carbocycles. The van der Waals surface area contributed by atoms with Gasteiger partial charge in [0.05, 0.1) is 10.7 Å². The Kier molecular flexibility index (Phi) is 2.73. The predicted molar refractivity (Wildman–Crippen MR) is 76.5 cm³/mol. The lowest BCUT2D eigenvalue weighted by molar-refractivity contribution is 0.622. The molecule has 6 heteroatoms. The van der Waals surface area contributed by atoms with E-state index in [0.717, 1.165) is 10.4 Å². The fourth-order valence-electron chi connectivity index (χ4n) is 1.68. The lowest BCUT2D eigenvalue weighted by atomic mass is 10.3. The Labute approximate surface area is 117 Å². The van der Waals surface area contributed by atoms with Gasteiger partial charge in [0.25, 0.3) is 0 Å². The number of anilines is 1. The lowest BCUT2D eigenvalue weighted by Crippen LogP contribution is -1.86. The van der Waals surface area contributed by atoms with Crippen molar-refractivity contribution in [3.8, 4) is 10.8 Å². The number of nitrogens with zero attached hydrogens (tertiary/aromatic N) is 1. The Morgan fingerprint density at radius 3 is 2.78 bits per heavy atom. The van der Waals surface area contributed by atoms with E-state index >= 15 is 0 Å². The summed E-state index contributed by atoms with van der Waals surface area (Å²) in [5, 5.41) is 2.94. The molecule has 2 heterocycles. The van der Waals surface area contributed by atoms with Gasteiger partial charge in [0.15, 0.2) is 5.58 Å². The second kappa shape index (κ2) is 4.16. The topological polar surface area (TPSA) is 52.0 Å². The average Bonchev–Trinajstić information content (AvgIpc) is 2.84. The number of aromatic nitrogens is 1. The minimum Gasteiger partial charge on any atom is -0.434 e. The number of nitrogens with two attached hydrogens (primary N) is 1. The number of rotatable bonds is 1. The number of halogens is 2. The van der Waals surface area contributed by atoms with Crippen molar-refractivity contribution in [3.05, 3.63) is 33.1 Å². The van der Waals surface area contributed by atoms with Gasteiger partial charge in [-0.15, -0.1) is 11.3 Å². The first-order valence-corrected chi connectivity index (χ1v) is 6.79. The minimum atomic E-state index is 0.447. The summed E-state index contributed by atoms with van der Waals surface area (Å²) in [7, 11) is 0. The van der Waals surface area contributed by atoms with Crippen LogP contribution in [0.3, 0.4) is 0 Å². The molecule has 0 aliphatic heterocycles. The van der Waals surface area contributed by atoms with Crippen LogP contribution >= 0.6 is 34.5 Å². The van der Waals surface area contributed by atoms with Gasteiger partial charge in [0.1, 0.15) is 10.4 Å². The number of aryl methyl sites for hydroxylation is 1. The summed E-state index contributed by atoms with van der Waals surface area (Å²) in [6.07, 6.45) is 0. The van der Waals surface area contributed by atoms with Crippen molar-refractivity contribution >= 4 is 51.3 Å². The summed E-state index contributed by atoms with van der Waals surface area (Å²) in [4.78, 5) is 5.19. The molecule has 0 bridgehead atoms. The molecule has 0 saturated carbocycles. The Hall–Kier alpha value is -1.23. The molecular formula is C12H8Cl2N2OS. The molecule has 0 spiro atoms. The molecule has 3 rings (SSSR count). The highest BCUT2D eigenvalue weighted by molar-refractivity contribution is 7.14. The van der Waals surface area contributed by atoms with Crippen molar-refractivity contribution < 1.29 is 4.42 Å². The van der Waals surface area contributed by atoms with Gasteiger partial charge < -0.3 is 10.2 Å². The zero-order chi connectivity index (χ0) is 12.9. The van der Waals surface area contributed by atoms with Crippen LogP contribution in [-0.2, 0) is 0 Å². The normalized spacial score (nSPS) is 11.3. The number of hydrogen-bond donors (Lipinski definition) is 1. The van der Waals surface area contributed by atoms with Gasteiger partial charge in [-0.3, -0.25) is 0 Å². The van der Waals surface area contributed by atoms with E-state index in [4.69, 9.17) is 33.4 Å². The molecule has 0 atom stereocenters. The molecule has 0 saturated heterocycles. The van der Waals surface area contributed by atoms with E-state index in [0.29, 0.717) is 32.7 Å². The number of fused-ring (bicyclic) bond motifs is 1. The minimum absolute atomic E-state index is 0.447. The Balaban J connectivity index is 2.25. The van der Waals surface area contributed by atoms with Crippen LogP contribution in [0.1, 0.15) is 5.56 Å². The fourth-order valence-corrected chi connectivity index (χ4v) is 3.09. The summed E-state index contributed by atoms with van der Waals surface area (Å²) in [6.45, 7) is 1.95. The van der Waals surface area contributed by atoms with Crippen LogP contribution in [0.25, 0.3) is 21.9 Å². The van der Waals surface area contributed by atoms with E-state index < -0.39 is 0 Å². The highest BCUT2D eigenvalue weighted by Gasteiger charge is 2.16. The summed E-state index contributed by atoms with van der Waals surface area (Å²) in [5.41, 5.74) is 8.84. The molecule has 18 heavy (non-hydrogen) atoms. The van der Waals surface area contributed by atoms with E-state index in [1.807, 2.05) is 12.3 Å². The molecule has 3 nitrogen and oxygen atoms in total. The van der Waals surface area contributed by atoms with E-state index in [1.54, 1.807) is 12.1 Å². The molecule has 0 radical (unpaired) electrons. The zero-order valence-corrected chi connectivity index (χ0v) is 11.7. The highest BCUT2D eigenvalue weighted by atomic mass is 35.5. The van der Waals surface area contributed by atoms with Gasteiger partial charge in [-0.05, 0) is 30.0 Å². The van der Waals surface area contributed by atoms with E-state index in [1.165, 1.54) is 11.3 Å². The van der Waals surface area contributed by atoms with Crippen LogP contribution in [0.15, 0.2) is 21.9 Å². The summed E-state index contributed by atoms with van der Waals surface area (Å²) in [6, 6.07) is 3.34. The third-order valence-electron chi connectivity index (χ3n) is 2.63. The van der Waals surface area contributed by atoms with Crippen LogP contribution in [0.4, 0.5) is 5.69 Å². The van der Waals surface area contributed by atoms with Crippen molar-refractivity contribution in [1.82, 2.24) is 4.98 Å².